The summed E-state index contributed by atoms with van der Waals surface area (Å²) in [4.78, 5) is 21.7. The van der Waals surface area contributed by atoms with Crippen LogP contribution in [-0.2, 0) is 6.18 Å². The molecule has 0 atom stereocenters. The average molecular weight is 389 g/mol. The minimum absolute atomic E-state index is 0.109. The van der Waals surface area contributed by atoms with Crippen LogP contribution in [0.25, 0.3) is 11.0 Å². The van der Waals surface area contributed by atoms with E-state index >= 15 is 0 Å². The molecule has 1 fully saturated rings. The van der Waals surface area contributed by atoms with Gasteiger partial charge in [-0.1, -0.05) is 0 Å². The smallest absolute Gasteiger partial charge is 0.416 e. The number of phenolic OH excluding ortho intramolecular Hbond substituents is 1. The molecule has 2 N–H and O–H groups in total. The van der Waals surface area contributed by atoms with Gasteiger partial charge in [0.1, 0.15) is 11.4 Å². The van der Waals surface area contributed by atoms with Crippen molar-refractivity contribution in [2.45, 2.75) is 24.9 Å². The molecule has 5 nitrogen and oxygen atoms in total. The van der Waals surface area contributed by atoms with E-state index in [1.165, 1.54) is 0 Å². The number of amides is 1. The number of nitrogens with zero attached hydrogens (tertiary/aromatic N) is 2. The summed E-state index contributed by atoms with van der Waals surface area (Å²) < 4.78 is 38.2. The van der Waals surface area contributed by atoms with Crippen molar-refractivity contribution < 1.29 is 23.1 Å². The van der Waals surface area contributed by atoms with Crippen molar-refractivity contribution in [1.29, 1.82) is 0 Å². The Morgan fingerprint density at radius 2 is 1.96 bits per heavy atom. The van der Waals surface area contributed by atoms with Gasteiger partial charge in [0.2, 0.25) is 0 Å². The Hall–Kier alpha value is -3.03. The van der Waals surface area contributed by atoms with E-state index in [-0.39, 0.29) is 11.5 Å². The van der Waals surface area contributed by atoms with Crippen molar-refractivity contribution >= 4 is 16.9 Å². The van der Waals surface area contributed by atoms with E-state index in [0.29, 0.717) is 19.2 Å². The van der Waals surface area contributed by atoms with E-state index in [9.17, 15) is 23.1 Å². The number of nitrogens with one attached hydrogen (secondary N) is 1. The maximum atomic E-state index is 12.7. The van der Waals surface area contributed by atoms with E-state index in [2.05, 4.69) is 9.97 Å². The first-order valence-electron chi connectivity index (χ1n) is 8.96. The monoisotopic (exact) mass is 389 g/mol. The number of hydrogen-bond donors (Lipinski definition) is 2. The number of likely N-dealkylation sites (tertiary alicyclic amines) is 1. The summed E-state index contributed by atoms with van der Waals surface area (Å²) in [6, 6.07) is 6.34. The third-order valence-electron chi connectivity index (χ3n) is 5.26. The summed E-state index contributed by atoms with van der Waals surface area (Å²) in [7, 11) is 0. The van der Waals surface area contributed by atoms with Crippen molar-refractivity contribution in [3.63, 3.8) is 0 Å². The van der Waals surface area contributed by atoms with Gasteiger partial charge in [-0.3, -0.25) is 4.79 Å². The molecule has 2 aromatic heterocycles. The number of carbonyl (C=O) groups excluding carboxylic acids is 1. The summed E-state index contributed by atoms with van der Waals surface area (Å²) in [5, 5.41) is 11.0. The SMILES string of the molecule is O=C(c1ccc(C(F)(F)F)cc1O)N1CCC(c2c[nH]c3ncccc23)CC1. The van der Waals surface area contributed by atoms with Crippen LogP contribution in [0.2, 0.25) is 0 Å². The predicted octanol–water partition coefficient (Wildman–Crippen LogP) is 4.31. The number of fused-ring (bicyclic) bond motifs is 1. The number of aromatic amines is 1. The average Bonchev–Trinajstić information content (AvgIpc) is 3.11. The minimum atomic E-state index is -4.56. The van der Waals surface area contributed by atoms with Crippen LogP contribution in [0, 0.1) is 0 Å². The molecule has 28 heavy (non-hydrogen) atoms. The summed E-state index contributed by atoms with van der Waals surface area (Å²) in [6.45, 7) is 0.938. The summed E-state index contributed by atoms with van der Waals surface area (Å²) in [6.07, 6.45) is 0.567. The zero-order valence-electron chi connectivity index (χ0n) is 14.8. The van der Waals surface area contributed by atoms with Crippen LogP contribution in [-0.4, -0.2) is 39.0 Å². The number of aromatic hydroxyl groups is 1. The van der Waals surface area contributed by atoms with E-state index in [4.69, 9.17) is 0 Å². The van der Waals surface area contributed by atoms with E-state index in [1.807, 2.05) is 18.3 Å². The largest absolute Gasteiger partial charge is 0.507 e. The van der Waals surface area contributed by atoms with Crippen LogP contribution < -0.4 is 0 Å². The van der Waals surface area contributed by atoms with Crippen LogP contribution in [0.5, 0.6) is 5.75 Å². The number of aromatic nitrogens is 2. The number of hydrogen-bond acceptors (Lipinski definition) is 3. The topological polar surface area (TPSA) is 69.2 Å². The standard InChI is InChI=1S/C20H18F3N3O2/c21-20(22,23)13-3-4-15(17(27)10-13)19(28)26-8-5-12(6-9-26)16-11-25-18-14(16)2-1-7-24-18/h1-4,7,10-12,27H,5-6,8-9H2,(H,24,25). The molecule has 0 unspecified atom stereocenters. The number of halogens is 3. The molecule has 8 heteroatoms. The number of piperidine rings is 1. The van der Waals surface area contributed by atoms with Crippen molar-refractivity contribution in [2.75, 3.05) is 13.1 Å². The van der Waals surface area contributed by atoms with Crippen molar-refractivity contribution in [3.8, 4) is 5.75 Å². The van der Waals surface area contributed by atoms with Crippen molar-refractivity contribution in [1.82, 2.24) is 14.9 Å². The van der Waals surface area contributed by atoms with Gasteiger partial charge in [-0.2, -0.15) is 13.2 Å². The van der Waals surface area contributed by atoms with Crippen LogP contribution in [0.15, 0.2) is 42.7 Å². The highest BCUT2D eigenvalue weighted by atomic mass is 19.4. The third kappa shape index (κ3) is 3.30. The molecule has 0 radical (unpaired) electrons. The molecular formula is C20H18F3N3O2. The zero-order chi connectivity index (χ0) is 19.9. The van der Waals surface area contributed by atoms with Gasteiger partial charge in [-0.25, -0.2) is 4.98 Å². The summed E-state index contributed by atoms with van der Waals surface area (Å²) in [5.74, 6) is -0.835. The number of carbonyl (C=O) groups is 1. The fourth-order valence-electron chi connectivity index (χ4n) is 3.77. The minimum Gasteiger partial charge on any atom is -0.507 e. The maximum Gasteiger partial charge on any atom is 0.416 e. The molecule has 0 aliphatic carbocycles. The Morgan fingerprint density at radius 3 is 2.64 bits per heavy atom. The molecule has 146 valence electrons. The fourth-order valence-corrected chi connectivity index (χ4v) is 3.77. The highest BCUT2D eigenvalue weighted by molar-refractivity contribution is 5.97. The first kappa shape index (κ1) is 18.3. The van der Waals surface area contributed by atoms with Gasteiger partial charge in [-0.05, 0) is 54.7 Å². The van der Waals surface area contributed by atoms with Gasteiger partial charge in [-0.15, -0.1) is 0 Å². The molecule has 1 aliphatic heterocycles. The first-order chi connectivity index (χ1) is 13.3. The Kier molecular flexibility index (Phi) is 4.49. The Balaban J connectivity index is 1.47. The molecule has 4 rings (SSSR count). The number of pyridine rings is 1. The van der Waals surface area contributed by atoms with Crippen LogP contribution in [0.3, 0.4) is 0 Å². The van der Waals surface area contributed by atoms with Gasteiger partial charge in [0.25, 0.3) is 5.91 Å². The predicted molar refractivity (Wildman–Crippen MR) is 97.1 cm³/mol. The van der Waals surface area contributed by atoms with Gasteiger partial charge < -0.3 is 15.0 Å². The number of H-pyrrole nitrogens is 1. The van der Waals surface area contributed by atoms with E-state index in [1.54, 1.807) is 11.1 Å². The fraction of sp³-hybridized carbons (Fsp3) is 0.300. The third-order valence-corrected chi connectivity index (χ3v) is 5.26. The molecule has 0 bridgehead atoms. The van der Waals surface area contributed by atoms with Gasteiger partial charge in [0, 0.05) is 30.9 Å². The molecule has 1 amide bonds. The Bertz CT molecular complexity index is 1020. The maximum absolute atomic E-state index is 12.7. The molecule has 0 spiro atoms. The number of benzene rings is 1. The van der Waals surface area contributed by atoms with Gasteiger partial charge in [0.15, 0.2) is 0 Å². The molecule has 3 heterocycles. The quantitative estimate of drug-likeness (QED) is 0.686. The number of phenols is 1. The number of rotatable bonds is 2. The summed E-state index contributed by atoms with van der Waals surface area (Å²) >= 11 is 0. The second-order valence-corrected chi connectivity index (χ2v) is 6.94. The lowest BCUT2D eigenvalue weighted by atomic mass is 9.89. The van der Waals surface area contributed by atoms with Crippen LogP contribution >= 0.6 is 0 Å². The highest BCUT2D eigenvalue weighted by Crippen LogP contribution is 2.35. The Morgan fingerprint density at radius 1 is 1.21 bits per heavy atom. The lowest BCUT2D eigenvalue weighted by molar-refractivity contribution is -0.137. The lowest BCUT2D eigenvalue weighted by Gasteiger charge is -2.32. The molecular weight excluding hydrogens is 371 g/mol. The van der Waals surface area contributed by atoms with E-state index < -0.39 is 23.4 Å². The van der Waals surface area contributed by atoms with Crippen LogP contribution in [0.4, 0.5) is 13.2 Å². The van der Waals surface area contributed by atoms with E-state index in [0.717, 1.165) is 41.6 Å². The van der Waals surface area contributed by atoms with Gasteiger partial charge >= 0.3 is 6.18 Å². The molecule has 1 saturated heterocycles. The van der Waals surface area contributed by atoms with Gasteiger partial charge in [0.05, 0.1) is 11.1 Å². The molecule has 0 saturated carbocycles. The second-order valence-electron chi connectivity index (χ2n) is 6.94. The molecule has 1 aromatic carbocycles. The number of alkyl halides is 3. The van der Waals surface area contributed by atoms with Crippen molar-refractivity contribution in [2.24, 2.45) is 0 Å². The molecule has 3 aromatic rings. The molecule has 1 aliphatic rings. The lowest BCUT2D eigenvalue weighted by Crippen LogP contribution is -2.38. The van der Waals surface area contributed by atoms with Crippen LogP contribution in [0.1, 0.15) is 40.2 Å². The Labute approximate surface area is 158 Å². The van der Waals surface area contributed by atoms with Crippen molar-refractivity contribution in [3.05, 3.63) is 59.4 Å². The zero-order valence-corrected chi connectivity index (χ0v) is 14.8. The normalized spacial score (nSPS) is 15.9. The highest BCUT2D eigenvalue weighted by Gasteiger charge is 2.33. The summed E-state index contributed by atoms with van der Waals surface area (Å²) in [5.41, 5.74) is 0.897. The second kappa shape index (κ2) is 6.85. The first-order valence-corrected chi connectivity index (χ1v) is 8.96.